The second-order valence-electron chi connectivity index (χ2n) is 4.43. The molecule has 1 nitrogen and oxygen atoms in total. The van der Waals surface area contributed by atoms with Crippen LogP contribution in [0.25, 0.3) is 23.4 Å². The Balaban J connectivity index is 1.82. The Bertz CT molecular complexity index is 775. The van der Waals surface area contributed by atoms with E-state index in [0.29, 0.717) is 5.56 Å². The van der Waals surface area contributed by atoms with E-state index in [1.807, 2.05) is 5.38 Å². The van der Waals surface area contributed by atoms with E-state index in [0.717, 1.165) is 16.3 Å². The first kappa shape index (κ1) is 13.6. The number of aromatic nitrogens is 1. The third-order valence-corrected chi connectivity index (χ3v) is 3.78. The molecule has 0 saturated heterocycles. The van der Waals surface area contributed by atoms with Gasteiger partial charge in [-0.15, -0.1) is 11.3 Å². The fourth-order valence-corrected chi connectivity index (χ4v) is 2.61. The normalized spacial score (nSPS) is 11.1. The van der Waals surface area contributed by atoms with Crippen LogP contribution in [-0.4, -0.2) is 4.98 Å². The molecule has 0 atom stereocenters. The molecule has 104 valence electrons. The lowest BCUT2D eigenvalue weighted by Crippen LogP contribution is -1.80. The minimum atomic E-state index is -0.270. The van der Waals surface area contributed by atoms with Gasteiger partial charge in [-0.3, -0.25) is 0 Å². The van der Waals surface area contributed by atoms with Crippen molar-refractivity contribution in [3.8, 4) is 11.3 Å². The molecule has 0 amide bonds. The Labute approximate surface area is 125 Å². The summed E-state index contributed by atoms with van der Waals surface area (Å²) in [4.78, 5) is 4.44. The van der Waals surface area contributed by atoms with Crippen LogP contribution < -0.4 is 0 Å². The summed E-state index contributed by atoms with van der Waals surface area (Å²) in [5.41, 5.74) is 2.17. The van der Waals surface area contributed by atoms with E-state index in [-0.39, 0.29) is 11.6 Å². The molecule has 0 N–H and O–H groups in total. The zero-order chi connectivity index (χ0) is 14.7. The molecule has 1 heterocycles. The van der Waals surface area contributed by atoms with E-state index in [1.54, 1.807) is 42.5 Å². The third kappa shape index (κ3) is 3.23. The number of hydrogen-bond donors (Lipinski definition) is 0. The summed E-state index contributed by atoms with van der Waals surface area (Å²) >= 11 is 1.46. The number of halogens is 2. The van der Waals surface area contributed by atoms with Crippen molar-refractivity contribution in [2.45, 2.75) is 0 Å². The van der Waals surface area contributed by atoms with Gasteiger partial charge >= 0.3 is 0 Å². The van der Waals surface area contributed by atoms with Crippen LogP contribution in [0.15, 0.2) is 53.9 Å². The topological polar surface area (TPSA) is 12.9 Å². The van der Waals surface area contributed by atoms with Gasteiger partial charge in [0, 0.05) is 16.5 Å². The summed E-state index contributed by atoms with van der Waals surface area (Å²) in [7, 11) is 0. The highest BCUT2D eigenvalue weighted by Crippen LogP contribution is 2.23. The Morgan fingerprint density at radius 1 is 0.905 bits per heavy atom. The summed E-state index contributed by atoms with van der Waals surface area (Å²) in [5.74, 6) is -0.530. The summed E-state index contributed by atoms with van der Waals surface area (Å²) in [6.45, 7) is 0. The molecular formula is C17H11F2NS. The molecule has 0 aliphatic carbocycles. The van der Waals surface area contributed by atoms with Gasteiger partial charge in [0.15, 0.2) is 0 Å². The van der Waals surface area contributed by atoms with Gasteiger partial charge < -0.3 is 0 Å². The molecule has 3 rings (SSSR count). The molecule has 0 fully saturated rings. The minimum absolute atomic E-state index is 0.260. The molecule has 1 aromatic heterocycles. The first-order valence-electron chi connectivity index (χ1n) is 6.36. The van der Waals surface area contributed by atoms with Crippen LogP contribution in [-0.2, 0) is 0 Å². The smallest absolute Gasteiger partial charge is 0.130 e. The standard InChI is InChI=1S/C17H11F2NS/c18-14-8-5-13(6-9-14)16-11-21-17(20-16)10-7-12-3-1-2-4-15(12)19/h1-11H/b10-7+. The monoisotopic (exact) mass is 299 g/mol. The predicted octanol–water partition coefficient (Wildman–Crippen LogP) is 5.26. The van der Waals surface area contributed by atoms with E-state index in [9.17, 15) is 8.78 Å². The Morgan fingerprint density at radius 3 is 2.43 bits per heavy atom. The molecule has 0 spiro atoms. The van der Waals surface area contributed by atoms with Crippen molar-refractivity contribution in [3.05, 3.63) is 76.1 Å². The highest BCUT2D eigenvalue weighted by Gasteiger charge is 2.03. The quantitative estimate of drug-likeness (QED) is 0.643. The largest absolute Gasteiger partial charge is 0.237 e. The van der Waals surface area contributed by atoms with Gasteiger partial charge in [-0.25, -0.2) is 13.8 Å². The number of rotatable bonds is 3. The van der Waals surface area contributed by atoms with Crippen molar-refractivity contribution in [1.82, 2.24) is 4.98 Å². The van der Waals surface area contributed by atoms with Crippen molar-refractivity contribution >= 4 is 23.5 Å². The zero-order valence-corrected chi connectivity index (χ0v) is 11.8. The van der Waals surface area contributed by atoms with E-state index in [4.69, 9.17) is 0 Å². The maximum atomic E-state index is 13.5. The van der Waals surface area contributed by atoms with Crippen molar-refractivity contribution in [3.63, 3.8) is 0 Å². The highest BCUT2D eigenvalue weighted by molar-refractivity contribution is 7.10. The second-order valence-corrected chi connectivity index (χ2v) is 5.32. The average molecular weight is 299 g/mol. The molecule has 0 saturated carbocycles. The molecule has 3 aromatic rings. The highest BCUT2D eigenvalue weighted by atomic mass is 32.1. The molecule has 4 heteroatoms. The van der Waals surface area contributed by atoms with E-state index in [1.165, 1.54) is 29.5 Å². The van der Waals surface area contributed by atoms with Crippen LogP contribution in [0.1, 0.15) is 10.6 Å². The maximum absolute atomic E-state index is 13.5. The summed E-state index contributed by atoms with van der Waals surface area (Å²) in [6.07, 6.45) is 3.47. The minimum Gasteiger partial charge on any atom is -0.237 e. The van der Waals surface area contributed by atoms with E-state index in [2.05, 4.69) is 4.98 Å². The van der Waals surface area contributed by atoms with Gasteiger partial charge in [-0.2, -0.15) is 0 Å². The number of nitrogens with zero attached hydrogens (tertiary/aromatic N) is 1. The fraction of sp³-hybridized carbons (Fsp3) is 0. The first-order chi connectivity index (χ1) is 10.2. The molecule has 0 bridgehead atoms. The summed E-state index contributed by atoms with van der Waals surface area (Å²) in [5, 5.41) is 2.67. The Morgan fingerprint density at radius 2 is 1.67 bits per heavy atom. The van der Waals surface area contributed by atoms with Crippen LogP contribution in [0, 0.1) is 11.6 Å². The molecule has 0 radical (unpaired) electrons. The first-order valence-corrected chi connectivity index (χ1v) is 7.24. The van der Waals surface area contributed by atoms with Gasteiger partial charge in [-0.1, -0.05) is 18.2 Å². The lowest BCUT2D eigenvalue weighted by atomic mass is 10.2. The van der Waals surface area contributed by atoms with Crippen LogP contribution >= 0.6 is 11.3 Å². The van der Waals surface area contributed by atoms with E-state index >= 15 is 0 Å². The molecule has 0 unspecified atom stereocenters. The zero-order valence-electron chi connectivity index (χ0n) is 11.0. The van der Waals surface area contributed by atoms with Crippen LogP contribution in [0.5, 0.6) is 0 Å². The third-order valence-electron chi connectivity index (χ3n) is 2.97. The number of thiazole rings is 1. The van der Waals surface area contributed by atoms with Crippen molar-refractivity contribution in [2.24, 2.45) is 0 Å². The van der Waals surface area contributed by atoms with Crippen molar-refractivity contribution in [1.29, 1.82) is 0 Å². The van der Waals surface area contributed by atoms with Gasteiger partial charge in [-0.05, 0) is 42.5 Å². The van der Waals surface area contributed by atoms with Gasteiger partial charge in [0.25, 0.3) is 0 Å². The SMILES string of the molecule is Fc1ccc(-c2csc(/C=C/c3ccccc3F)n2)cc1. The predicted molar refractivity (Wildman–Crippen MR) is 82.8 cm³/mol. The molecular weight excluding hydrogens is 288 g/mol. The van der Waals surface area contributed by atoms with Gasteiger partial charge in [0.1, 0.15) is 16.6 Å². The number of hydrogen-bond acceptors (Lipinski definition) is 2. The fourth-order valence-electron chi connectivity index (χ4n) is 1.89. The van der Waals surface area contributed by atoms with Gasteiger partial charge in [0.2, 0.25) is 0 Å². The lowest BCUT2D eigenvalue weighted by molar-refractivity contribution is 0.625. The summed E-state index contributed by atoms with van der Waals surface area (Å²) in [6, 6.07) is 12.8. The second kappa shape index (κ2) is 5.97. The summed E-state index contributed by atoms with van der Waals surface area (Å²) < 4.78 is 26.4. The molecule has 0 aliphatic heterocycles. The number of benzene rings is 2. The molecule has 21 heavy (non-hydrogen) atoms. The van der Waals surface area contributed by atoms with Gasteiger partial charge in [0.05, 0.1) is 5.69 Å². The molecule has 2 aromatic carbocycles. The average Bonchev–Trinajstić information content (AvgIpc) is 2.96. The molecule has 0 aliphatic rings. The van der Waals surface area contributed by atoms with Crippen LogP contribution in [0.4, 0.5) is 8.78 Å². The van der Waals surface area contributed by atoms with Crippen LogP contribution in [0.2, 0.25) is 0 Å². The Hall–Kier alpha value is -2.33. The van der Waals surface area contributed by atoms with Crippen molar-refractivity contribution in [2.75, 3.05) is 0 Å². The Kier molecular flexibility index (Phi) is 3.88. The van der Waals surface area contributed by atoms with Crippen LogP contribution in [0.3, 0.4) is 0 Å². The van der Waals surface area contributed by atoms with E-state index < -0.39 is 0 Å². The van der Waals surface area contributed by atoms with Crippen molar-refractivity contribution < 1.29 is 8.78 Å². The maximum Gasteiger partial charge on any atom is 0.130 e. The lowest BCUT2D eigenvalue weighted by Gasteiger charge is -1.95.